The highest BCUT2D eigenvalue weighted by Gasteiger charge is 2.23. The minimum absolute atomic E-state index is 0.0937. The molecule has 0 heteroatoms. The van der Waals surface area contributed by atoms with Crippen molar-refractivity contribution in [3.05, 3.63) is 156 Å². The lowest BCUT2D eigenvalue weighted by molar-refractivity contribution is 0.590. The van der Waals surface area contributed by atoms with Crippen LogP contribution in [0.25, 0.3) is 76.8 Å². The van der Waals surface area contributed by atoms with Gasteiger partial charge in [-0.05, 0) is 122 Å². The number of rotatable bonds is 4. The van der Waals surface area contributed by atoms with Crippen molar-refractivity contribution in [1.29, 1.82) is 0 Å². The number of hydrogen-bond acceptors (Lipinski definition) is 0. The predicted octanol–water partition coefficient (Wildman–Crippen LogP) is 15.1. The van der Waals surface area contributed by atoms with Crippen LogP contribution in [0.5, 0.6) is 0 Å². The van der Waals surface area contributed by atoms with Gasteiger partial charge in [-0.3, -0.25) is 0 Å². The molecule has 0 aliphatic rings. The monoisotopic (exact) mass is 674 g/mol. The molecule has 0 radical (unpaired) electrons. The Hall–Kier alpha value is -5.20. The Morgan fingerprint density at radius 2 is 0.519 bits per heavy atom. The Balaban J connectivity index is 1.49. The van der Waals surface area contributed by atoms with Crippen LogP contribution in [0.1, 0.15) is 79.0 Å². The molecular formula is C52H50. The molecule has 0 saturated heterocycles. The van der Waals surface area contributed by atoms with Crippen molar-refractivity contribution in [1.82, 2.24) is 0 Å². The highest BCUT2D eigenvalue weighted by Crippen LogP contribution is 2.49. The van der Waals surface area contributed by atoms with E-state index in [4.69, 9.17) is 0 Å². The Bertz CT molecular complexity index is 2470. The van der Waals surface area contributed by atoms with Gasteiger partial charge < -0.3 is 0 Å². The molecule has 8 aromatic carbocycles. The maximum Gasteiger partial charge on any atom is -0.00139 e. The van der Waals surface area contributed by atoms with Crippen molar-refractivity contribution >= 4 is 32.3 Å². The summed E-state index contributed by atoms with van der Waals surface area (Å²) in [7, 11) is 0. The quantitative estimate of drug-likeness (QED) is 0.163. The second kappa shape index (κ2) is 12.2. The fourth-order valence-corrected chi connectivity index (χ4v) is 8.02. The fourth-order valence-electron chi connectivity index (χ4n) is 8.02. The smallest absolute Gasteiger partial charge is 0.00139 e. The van der Waals surface area contributed by atoms with Gasteiger partial charge in [0.1, 0.15) is 0 Å². The molecule has 0 amide bonds. The third-order valence-corrected chi connectivity index (χ3v) is 11.2. The molecule has 0 aromatic heterocycles. The van der Waals surface area contributed by atoms with Crippen LogP contribution >= 0.6 is 0 Å². The minimum Gasteiger partial charge on any atom is -0.0622 e. The van der Waals surface area contributed by atoms with E-state index in [-0.39, 0.29) is 16.2 Å². The minimum atomic E-state index is 0.0937. The van der Waals surface area contributed by atoms with Gasteiger partial charge in [0.15, 0.2) is 0 Å². The van der Waals surface area contributed by atoms with Crippen molar-refractivity contribution in [2.45, 2.75) is 78.6 Å². The molecule has 8 rings (SSSR count). The van der Waals surface area contributed by atoms with Gasteiger partial charge >= 0.3 is 0 Å². The molecule has 0 aliphatic heterocycles. The first-order valence-corrected chi connectivity index (χ1v) is 18.9. The molecule has 258 valence electrons. The Kier molecular flexibility index (Phi) is 7.96. The molecule has 0 spiro atoms. The summed E-state index contributed by atoms with van der Waals surface area (Å²) in [5.74, 6) is 0. The van der Waals surface area contributed by atoms with E-state index < -0.39 is 0 Å². The van der Waals surface area contributed by atoms with Crippen LogP contribution in [-0.4, -0.2) is 0 Å². The van der Waals surface area contributed by atoms with E-state index in [1.54, 1.807) is 0 Å². The van der Waals surface area contributed by atoms with Gasteiger partial charge in [0.05, 0.1) is 0 Å². The molecule has 0 heterocycles. The number of hydrogen-bond donors (Lipinski definition) is 0. The van der Waals surface area contributed by atoms with E-state index in [1.165, 1.54) is 93.5 Å². The first kappa shape index (κ1) is 33.9. The van der Waals surface area contributed by atoms with Crippen molar-refractivity contribution in [2.24, 2.45) is 0 Å². The summed E-state index contributed by atoms with van der Waals surface area (Å²) in [6.45, 7) is 20.6. The van der Waals surface area contributed by atoms with Crippen molar-refractivity contribution in [3.63, 3.8) is 0 Å². The lowest BCUT2D eigenvalue weighted by Crippen LogP contribution is -2.10. The summed E-state index contributed by atoms with van der Waals surface area (Å²) in [4.78, 5) is 0. The third kappa shape index (κ3) is 5.89. The van der Waals surface area contributed by atoms with Crippen LogP contribution in [0.4, 0.5) is 0 Å². The average Bonchev–Trinajstić information content (AvgIpc) is 3.13. The van der Waals surface area contributed by atoms with Crippen LogP contribution in [0.15, 0.2) is 140 Å². The number of benzene rings is 8. The summed E-state index contributed by atoms with van der Waals surface area (Å²) >= 11 is 0. The van der Waals surface area contributed by atoms with E-state index in [0.717, 1.165) is 0 Å². The Labute approximate surface area is 310 Å². The lowest BCUT2D eigenvalue weighted by atomic mass is 9.80. The summed E-state index contributed by atoms with van der Waals surface area (Å²) in [5, 5.41) is 7.87. The van der Waals surface area contributed by atoms with Crippen molar-refractivity contribution in [3.8, 4) is 44.5 Å². The third-order valence-electron chi connectivity index (χ3n) is 11.2. The summed E-state index contributed by atoms with van der Waals surface area (Å²) in [6, 6.07) is 53.2. The zero-order chi connectivity index (χ0) is 36.6. The molecule has 0 atom stereocenters. The van der Waals surface area contributed by atoms with Crippen molar-refractivity contribution in [2.75, 3.05) is 0 Å². The van der Waals surface area contributed by atoms with Crippen LogP contribution in [-0.2, 0) is 16.2 Å². The molecule has 0 saturated carbocycles. The molecule has 0 unspecified atom stereocenters. The lowest BCUT2D eigenvalue weighted by Gasteiger charge is -2.23. The van der Waals surface area contributed by atoms with Crippen LogP contribution in [0, 0.1) is 0 Å². The largest absolute Gasteiger partial charge is 0.0622 e. The molecule has 0 fully saturated rings. The molecule has 0 N–H and O–H groups in total. The second-order valence-electron chi connectivity index (χ2n) is 17.9. The maximum absolute atomic E-state index is 2.45. The van der Waals surface area contributed by atoms with Crippen LogP contribution in [0.3, 0.4) is 0 Å². The van der Waals surface area contributed by atoms with Crippen molar-refractivity contribution < 1.29 is 0 Å². The second-order valence-corrected chi connectivity index (χ2v) is 17.9. The summed E-state index contributed by atoms with van der Waals surface area (Å²) in [6.07, 6.45) is 0. The van der Waals surface area contributed by atoms with E-state index >= 15 is 0 Å². The Morgan fingerprint density at radius 1 is 0.269 bits per heavy atom. The molecule has 0 nitrogen and oxygen atoms in total. The van der Waals surface area contributed by atoms with E-state index in [0.29, 0.717) is 0 Å². The van der Waals surface area contributed by atoms with Gasteiger partial charge in [0.2, 0.25) is 0 Å². The SMILES string of the molecule is CC(C)(C)c1ccc(-c2cc(-c3ccccc3)c3ccc4c(-c5ccc(C(C)(C)C)cc5)cc(-c5ccc(C(C)(C)C)cc5)c5ccc2c3c45)cc1. The molecule has 0 bridgehead atoms. The zero-order valence-electron chi connectivity index (χ0n) is 32.3. The fraction of sp³-hybridized carbons (Fsp3) is 0.231. The molecule has 52 heavy (non-hydrogen) atoms. The standard InChI is InChI=1S/C52H50/c1-50(2,3)37-21-15-34(16-22-37)45-31-44(33-13-11-10-12-14-33)40-27-28-42-46(35-17-23-38(24-18-35)51(4,5)6)32-47(43-30-29-41(45)48(40)49(42)43)36-19-25-39(26-20-36)52(7,8)9/h10-32H,1-9H3. The summed E-state index contributed by atoms with van der Waals surface area (Å²) in [5.41, 5.74) is 14.4. The van der Waals surface area contributed by atoms with Gasteiger partial charge in [0.25, 0.3) is 0 Å². The highest BCUT2D eigenvalue weighted by molar-refractivity contribution is 6.31. The van der Waals surface area contributed by atoms with Gasteiger partial charge in [-0.15, -0.1) is 0 Å². The zero-order valence-corrected chi connectivity index (χ0v) is 32.3. The topological polar surface area (TPSA) is 0 Å². The Morgan fingerprint density at radius 3 is 0.769 bits per heavy atom. The predicted molar refractivity (Wildman–Crippen MR) is 228 cm³/mol. The first-order chi connectivity index (χ1) is 24.7. The first-order valence-electron chi connectivity index (χ1n) is 18.9. The normalized spacial score (nSPS) is 12.7. The molecule has 0 aliphatic carbocycles. The van der Waals surface area contributed by atoms with Gasteiger partial charge in [-0.2, -0.15) is 0 Å². The maximum atomic E-state index is 2.45. The van der Waals surface area contributed by atoms with Crippen LogP contribution in [0.2, 0.25) is 0 Å². The van der Waals surface area contributed by atoms with Gasteiger partial charge in [-0.1, -0.05) is 190 Å². The van der Waals surface area contributed by atoms with Crippen LogP contribution < -0.4 is 0 Å². The van der Waals surface area contributed by atoms with E-state index in [1.807, 2.05) is 0 Å². The van der Waals surface area contributed by atoms with Gasteiger partial charge in [0, 0.05) is 0 Å². The summed E-state index contributed by atoms with van der Waals surface area (Å²) < 4.78 is 0. The van der Waals surface area contributed by atoms with Gasteiger partial charge in [-0.25, -0.2) is 0 Å². The molecular weight excluding hydrogens is 625 g/mol. The highest BCUT2D eigenvalue weighted by atomic mass is 14.3. The van der Waals surface area contributed by atoms with E-state index in [9.17, 15) is 0 Å². The molecule has 8 aromatic rings. The van der Waals surface area contributed by atoms with E-state index in [2.05, 4.69) is 202 Å². The average molecular weight is 675 g/mol.